The maximum atomic E-state index is 3.59. The molecule has 0 bridgehead atoms. The van der Waals surface area contributed by atoms with Crippen LogP contribution in [0.2, 0.25) is 0 Å². The molecule has 1 fully saturated rings. The zero-order valence-electron chi connectivity index (χ0n) is 12.1. The SMILES string of the molecule is CC(C)=CCN1CCC(CNCC(C)C)CC1. The van der Waals surface area contributed by atoms with Crippen molar-refractivity contribution in [2.45, 2.75) is 40.5 Å². The Bertz CT molecular complexity index is 221. The molecule has 1 N–H and O–H groups in total. The maximum Gasteiger partial charge on any atom is 0.0165 e. The Labute approximate surface area is 107 Å². The predicted octanol–water partition coefficient (Wildman–Crippen LogP) is 2.91. The second-order valence-corrected chi connectivity index (χ2v) is 6.08. The molecule has 0 unspecified atom stereocenters. The highest BCUT2D eigenvalue weighted by molar-refractivity contribution is 4.95. The van der Waals surface area contributed by atoms with E-state index in [2.05, 4.69) is 44.0 Å². The van der Waals surface area contributed by atoms with Gasteiger partial charge in [0.1, 0.15) is 0 Å². The van der Waals surface area contributed by atoms with E-state index in [0.29, 0.717) is 0 Å². The van der Waals surface area contributed by atoms with Gasteiger partial charge < -0.3 is 5.32 Å². The van der Waals surface area contributed by atoms with E-state index in [1.54, 1.807) is 0 Å². The van der Waals surface area contributed by atoms with E-state index in [9.17, 15) is 0 Å². The normalized spacial score (nSPS) is 18.6. The smallest absolute Gasteiger partial charge is 0.0165 e. The van der Waals surface area contributed by atoms with Gasteiger partial charge in [-0.2, -0.15) is 0 Å². The highest BCUT2D eigenvalue weighted by Crippen LogP contribution is 2.16. The molecule has 0 spiro atoms. The van der Waals surface area contributed by atoms with E-state index in [0.717, 1.165) is 24.9 Å². The van der Waals surface area contributed by atoms with Gasteiger partial charge in [-0.1, -0.05) is 25.5 Å². The molecular formula is C15H30N2. The summed E-state index contributed by atoms with van der Waals surface area (Å²) in [5.41, 5.74) is 1.44. The van der Waals surface area contributed by atoms with Crippen molar-refractivity contribution in [3.63, 3.8) is 0 Å². The second kappa shape index (κ2) is 7.88. The van der Waals surface area contributed by atoms with Crippen LogP contribution < -0.4 is 5.32 Å². The first kappa shape index (κ1) is 14.7. The van der Waals surface area contributed by atoms with E-state index in [4.69, 9.17) is 0 Å². The Morgan fingerprint density at radius 2 is 1.94 bits per heavy atom. The highest BCUT2D eigenvalue weighted by Gasteiger charge is 2.17. The van der Waals surface area contributed by atoms with Crippen molar-refractivity contribution in [3.8, 4) is 0 Å². The molecule has 0 aliphatic carbocycles. The number of hydrogen-bond acceptors (Lipinski definition) is 2. The van der Waals surface area contributed by atoms with E-state index in [1.165, 1.54) is 38.0 Å². The minimum Gasteiger partial charge on any atom is -0.316 e. The van der Waals surface area contributed by atoms with Gasteiger partial charge in [0.25, 0.3) is 0 Å². The van der Waals surface area contributed by atoms with Crippen molar-refractivity contribution in [2.75, 3.05) is 32.7 Å². The fourth-order valence-corrected chi connectivity index (χ4v) is 2.26. The van der Waals surface area contributed by atoms with Crippen LogP contribution in [0, 0.1) is 11.8 Å². The quantitative estimate of drug-likeness (QED) is 0.716. The van der Waals surface area contributed by atoms with Gasteiger partial charge in [0, 0.05) is 6.54 Å². The molecule has 17 heavy (non-hydrogen) atoms. The summed E-state index contributed by atoms with van der Waals surface area (Å²) in [4.78, 5) is 2.58. The van der Waals surface area contributed by atoms with Crippen LogP contribution in [-0.4, -0.2) is 37.6 Å². The first-order chi connectivity index (χ1) is 8.08. The lowest BCUT2D eigenvalue weighted by Gasteiger charge is -2.31. The molecule has 0 saturated carbocycles. The first-order valence-corrected chi connectivity index (χ1v) is 7.14. The molecular weight excluding hydrogens is 208 g/mol. The molecule has 2 heteroatoms. The number of nitrogens with one attached hydrogen (secondary N) is 1. The topological polar surface area (TPSA) is 15.3 Å². The number of likely N-dealkylation sites (tertiary alicyclic amines) is 1. The fourth-order valence-electron chi connectivity index (χ4n) is 2.26. The summed E-state index contributed by atoms with van der Waals surface area (Å²) < 4.78 is 0. The molecule has 0 aromatic rings. The summed E-state index contributed by atoms with van der Waals surface area (Å²) in [6.07, 6.45) is 5.07. The summed E-state index contributed by atoms with van der Waals surface area (Å²) in [7, 11) is 0. The van der Waals surface area contributed by atoms with Gasteiger partial charge in [0.05, 0.1) is 0 Å². The Hall–Kier alpha value is -0.340. The lowest BCUT2D eigenvalue weighted by Crippen LogP contribution is -2.38. The summed E-state index contributed by atoms with van der Waals surface area (Å²) in [6.45, 7) is 15.0. The molecule has 1 aliphatic rings. The van der Waals surface area contributed by atoms with E-state index >= 15 is 0 Å². The van der Waals surface area contributed by atoms with Crippen LogP contribution in [0.1, 0.15) is 40.5 Å². The van der Waals surface area contributed by atoms with Crippen molar-refractivity contribution < 1.29 is 0 Å². The first-order valence-electron chi connectivity index (χ1n) is 7.14. The van der Waals surface area contributed by atoms with Gasteiger partial charge in [0.2, 0.25) is 0 Å². The molecule has 0 atom stereocenters. The van der Waals surface area contributed by atoms with Crippen LogP contribution in [0.25, 0.3) is 0 Å². The molecule has 0 aromatic carbocycles. The van der Waals surface area contributed by atoms with Crippen molar-refractivity contribution in [1.82, 2.24) is 10.2 Å². The predicted molar refractivity (Wildman–Crippen MR) is 76.3 cm³/mol. The average molecular weight is 238 g/mol. The summed E-state index contributed by atoms with van der Waals surface area (Å²) >= 11 is 0. The number of rotatable bonds is 6. The maximum absolute atomic E-state index is 3.59. The van der Waals surface area contributed by atoms with Gasteiger partial charge in [-0.05, 0) is 64.7 Å². The zero-order valence-corrected chi connectivity index (χ0v) is 12.1. The Kier molecular flexibility index (Phi) is 6.83. The molecule has 100 valence electrons. The third kappa shape index (κ3) is 6.85. The monoisotopic (exact) mass is 238 g/mol. The second-order valence-electron chi connectivity index (χ2n) is 6.08. The molecule has 1 rings (SSSR count). The molecule has 1 heterocycles. The molecule has 0 amide bonds. The van der Waals surface area contributed by atoms with Crippen LogP contribution in [0.4, 0.5) is 0 Å². The third-order valence-electron chi connectivity index (χ3n) is 3.45. The van der Waals surface area contributed by atoms with Crippen LogP contribution in [0.15, 0.2) is 11.6 Å². The number of allylic oxidation sites excluding steroid dienone is 1. The standard InChI is InChI=1S/C15H30N2/c1-13(2)5-8-17-9-6-15(7-10-17)12-16-11-14(3)4/h5,14-16H,6-12H2,1-4H3. The van der Waals surface area contributed by atoms with Crippen LogP contribution in [-0.2, 0) is 0 Å². The average Bonchev–Trinajstić information content (AvgIpc) is 2.27. The van der Waals surface area contributed by atoms with Gasteiger partial charge in [-0.15, -0.1) is 0 Å². The Balaban J connectivity index is 2.11. The Morgan fingerprint density at radius 3 is 2.47 bits per heavy atom. The van der Waals surface area contributed by atoms with Crippen molar-refractivity contribution >= 4 is 0 Å². The molecule has 0 aromatic heterocycles. The number of hydrogen-bond donors (Lipinski definition) is 1. The van der Waals surface area contributed by atoms with Crippen LogP contribution >= 0.6 is 0 Å². The van der Waals surface area contributed by atoms with Crippen LogP contribution in [0.3, 0.4) is 0 Å². The van der Waals surface area contributed by atoms with E-state index < -0.39 is 0 Å². The van der Waals surface area contributed by atoms with Crippen LogP contribution in [0.5, 0.6) is 0 Å². The molecule has 1 aliphatic heterocycles. The lowest BCUT2D eigenvalue weighted by molar-refractivity contribution is 0.197. The van der Waals surface area contributed by atoms with Gasteiger partial charge >= 0.3 is 0 Å². The fraction of sp³-hybridized carbons (Fsp3) is 0.867. The van der Waals surface area contributed by atoms with Crippen molar-refractivity contribution in [1.29, 1.82) is 0 Å². The summed E-state index contributed by atoms with van der Waals surface area (Å²) in [5, 5.41) is 3.59. The summed E-state index contributed by atoms with van der Waals surface area (Å²) in [6, 6.07) is 0. The van der Waals surface area contributed by atoms with Gasteiger partial charge in [-0.25, -0.2) is 0 Å². The van der Waals surface area contributed by atoms with E-state index in [1.807, 2.05) is 0 Å². The van der Waals surface area contributed by atoms with E-state index in [-0.39, 0.29) is 0 Å². The van der Waals surface area contributed by atoms with Gasteiger partial charge in [-0.3, -0.25) is 4.90 Å². The van der Waals surface area contributed by atoms with Gasteiger partial charge in [0.15, 0.2) is 0 Å². The minimum absolute atomic E-state index is 0.771. The minimum atomic E-state index is 0.771. The van der Waals surface area contributed by atoms with Crippen molar-refractivity contribution in [2.24, 2.45) is 11.8 Å². The lowest BCUT2D eigenvalue weighted by atomic mass is 9.96. The molecule has 0 radical (unpaired) electrons. The zero-order chi connectivity index (χ0) is 12.7. The number of nitrogens with zero attached hydrogens (tertiary/aromatic N) is 1. The molecule has 2 nitrogen and oxygen atoms in total. The Morgan fingerprint density at radius 1 is 1.29 bits per heavy atom. The van der Waals surface area contributed by atoms with Crippen molar-refractivity contribution in [3.05, 3.63) is 11.6 Å². The highest BCUT2D eigenvalue weighted by atomic mass is 15.1. The largest absolute Gasteiger partial charge is 0.316 e. The third-order valence-corrected chi connectivity index (χ3v) is 3.45. The molecule has 1 saturated heterocycles. The number of piperidine rings is 1. The summed E-state index contributed by atoms with van der Waals surface area (Å²) in [5.74, 6) is 1.67.